The van der Waals surface area contributed by atoms with Crippen molar-refractivity contribution in [1.29, 1.82) is 0 Å². The molecule has 4 nitrogen and oxygen atoms in total. The summed E-state index contributed by atoms with van der Waals surface area (Å²) in [6, 6.07) is 6.29. The molecule has 0 saturated heterocycles. The Labute approximate surface area is 157 Å². The summed E-state index contributed by atoms with van der Waals surface area (Å²) in [6.45, 7) is 6.24. The van der Waals surface area contributed by atoms with E-state index in [-0.39, 0.29) is 11.0 Å². The number of nitrogens with zero attached hydrogens (tertiary/aromatic N) is 2. The molecule has 26 heavy (non-hydrogen) atoms. The van der Waals surface area contributed by atoms with Gasteiger partial charge in [-0.15, -0.1) is 0 Å². The summed E-state index contributed by atoms with van der Waals surface area (Å²) in [5, 5.41) is 0. The van der Waals surface area contributed by atoms with Crippen molar-refractivity contribution < 1.29 is 4.42 Å². The second kappa shape index (κ2) is 6.31. The van der Waals surface area contributed by atoms with Gasteiger partial charge in [0.15, 0.2) is 5.58 Å². The largest absolute Gasteiger partial charge is 0.439 e. The monoisotopic (exact) mass is 368 g/mol. The van der Waals surface area contributed by atoms with Gasteiger partial charge in [-0.25, -0.2) is 4.98 Å². The van der Waals surface area contributed by atoms with Crippen molar-refractivity contribution in [3.8, 4) is 11.1 Å². The first kappa shape index (κ1) is 17.4. The maximum Gasteiger partial charge on any atom is 0.253 e. The van der Waals surface area contributed by atoms with Gasteiger partial charge in [-0.1, -0.05) is 13.8 Å². The van der Waals surface area contributed by atoms with Crippen molar-refractivity contribution in [1.82, 2.24) is 9.55 Å². The lowest BCUT2D eigenvalue weighted by molar-refractivity contribution is 0.477. The van der Waals surface area contributed by atoms with Gasteiger partial charge < -0.3 is 8.98 Å². The van der Waals surface area contributed by atoms with E-state index in [0.717, 1.165) is 58.0 Å². The Morgan fingerprint density at radius 3 is 2.73 bits per heavy atom. The molecule has 136 valence electrons. The van der Waals surface area contributed by atoms with Gasteiger partial charge in [0.25, 0.3) is 5.56 Å². The molecule has 1 fully saturated rings. The van der Waals surface area contributed by atoms with Crippen molar-refractivity contribution in [3.63, 3.8) is 0 Å². The number of pyridine rings is 1. The second-order valence-electron chi connectivity index (χ2n) is 7.54. The number of hydrogen-bond acceptors (Lipinski definition) is 4. The van der Waals surface area contributed by atoms with Crippen LogP contribution in [0.4, 0.5) is 0 Å². The molecule has 0 unspecified atom stereocenters. The summed E-state index contributed by atoms with van der Waals surface area (Å²) < 4.78 is 7.89. The first-order chi connectivity index (χ1) is 12.4. The van der Waals surface area contributed by atoms with Crippen LogP contribution in [-0.4, -0.2) is 15.3 Å². The van der Waals surface area contributed by atoms with E-state index in [4.69, 9.17) is 9.40 Å². The zero-order valence-corrected chi connectivity index (χ0v) is 16.6. The van der Waals surface area contributed by atoms with Crippen molar-refractivity contribution in [2.75, 3.05) is 5.75 Å². The van der Waals surface area contributed by atoms with Crippen molar-refractivity contribution >= 4 is 22.9 Å². The first-order valence-corrected chi connectivity index (χ1v) is 10.3. The minimum atomic E-state index is 0.0337. The summed E-state index contributed by atoms with van der Waals surface area (Å²) in [6.07, 6.45) is 4.15. The predicted octanol–water partition coefficient (Wildman–Crippen LogP) is 4.81. The minimum absolute atomic E-state index is 0.0337. The van der Waals surface area contributed by atoms with Crippen LogP contribution in [0.3, 0.4) is 0 Å². The fourth-order valence-corrected chi connectivity index (χ4v) is 3.90. The van der Waals surface area contributed by atoms with Crippen LogP contribution in [0.15, 0.2) is 33.6 Å². The molecule has 1 aliphatic rings. The Morgan fingerprint density at radius 1 is 1.31 bits per heavy atom. The van der Waals surface area contributed by atoms with Crippen LogP contribution < -0.4 is 5.56 Å². The summed E-state index contributed by atoms with van der Waals surface area (Å²) in [5.41, 5.74) is 5.88. The van der Waals surface area contributed by atoms with Crippen LogP contribution >= 0.6 is 11.8 Å². The van der Waals surface area contributed by atoms with E-state index in [2.05, 4.69) is 26.0 Å². The van der Waals surface area contributed by atoms with Gasteiger partial charge in [0.1, 0.15) is 5.52 Å². The highest BCUT2D eigenvalue weighted by molar-refractivity contribution is 7.98. The number of oxazole rings is 1. The van der Waals surface area contributed by atoms with Crippen LogP contribution in [0.5, 0.6) is 0 Å². The van der Waals surface area contributed by atoms with Gasteiger partial charge in [0, 0.05) is 41.1 Å². The van der Waals surface area contributed by atoms with E-state index in [0.29, 0.717) is 0 Å². The van der Waals surface area contributed by atoms with Crippen molar-refractivity contribution in [2.24, 2.45) is 7.05 Å². The molecular formula is C21H24N2O2S. The lowest BCUT2D eigenvalue weighted by Crippen LogP contribution is -2.18. The highest BCUT2D eigenvalue weighted by Gasteiger charge is 2.44. The average Bonchev–Trinajstić information content (AvgIpc) is 3.21. The Kier molecular flexibility index (Phi) is 4.22. The van der Waals surface area contributed by atoms with Gasteiger partial charge in [0.2, 0.25) is 5.89 Å². The number of benzene rings is 1. The SMILES string of the molecule is CCSCc1cc(-c2cc(C)c(=O)n(C)c2)c2oc(C3(C)CC3)nc2c1. The molecule has 2 heterocycles. The molecule has 1 saturated carbocycles. The van der Waals surface area contributed by atoms with Gasteiger partial charge in [-0.05, 0) is 49.3 Å². The molecule has 0 aliphatic heterocycles. The van der Waals surface area contributed by atoms with Crippen LogP contribution in [0.1, 0.15) is 43.7 Å². The maximum atomic E-state index is 12.1. The summed E-state index contributed by atoms with van der Waals surface area (Å²) in [7, 11) is 1.80. The van der Waals surface area contributed by atoms with Gasteiger partial charge >= 0.3 is 0 Å². The van der Waals surface area contributed by atoms with E-state index in [9.17, 15) is 4.79 Å². The second-order valence-corrected chi connectivity index (χ2v) is 8.81. The summed E-state index contributed by atoms with van der Waals surface area (Å²) in [4.78, 5) is 16.9. The Hall–Kier alpha value is -2.01. The quantitative estimate of drug-likeness (QED) is 0.649. The fraction of sp³-hybridized carbons (Fsp3) is 0.429. The fourth-order valence-electron chi connectivity index (χ4n) is 3.29. The third-order valence-corrected chi connectivity index (χ3v) is 6.16. The van der Waals surface area contributed by atoms with Crippen LogP contribution in [0, 0.1) is 6.92 Å². The van der Waals surface area contributed by atoms with Crippen LogP contribution in [-0.2, 0) is 18.2 Å². The number of aromatic nitrogens is 2. The standard InChI is InChI=1S/C21H24N2O2S/c1-5-26-12-14-9-16(15-8-13(2)19(24)23(4)11-15)18-17(10-14)22-20(25-18)21(3)6-7-21/h8-11H,5-7,12H2,1-4H3. The average molecular weight is 369 g/mol. The number of aryl methyl sites for hydroxylation is 2. The van der Waals surface area contributed by atoms with E-state index in [1.807, 2.05) is 30.9 Å². The normalized spacial score (nSPS) is 15.5. The Bertz CT molecular complexity index is 1020. The summed E-state index contributed by atoms with van der Waals surface area (Å²) >= 11 is 1.89. The number of fused-ring (bicyclic) bond motifs is 1. The molecular weight excluding hydrogens is 344 g/mol. The molecule has 1 aromatic carbocycles. The molecule has 5 heteroatoms. The number of thioether (sulfide) groups is 1. The van der Waals surface area contributed by atoms with Gasteiger partial charge in [0.05, 0.1) is 0 Å². The maximum absolute atomic E-state index is 12.1. The molecule has 4 rings (SSSR count). The first-order valence-electron chi connectivity index (χ1n) is 9.10. The third kappa shape index (κ3) is 2.98. The molecule has 0 N–H and O–H groups in total. The zero-order valence-electron chi connectivity index (χ0n) is 15.8. The lowest BCUT2D eigenvalue weighted by Gasteiger charge is -2.09. The van der Waals surface area contributed by atoms with E-state index in [1.54, 1.807) is 11.6 Å². The van der Waals surface area contributed by atoms with E-state index in [1.165, 1.54) is 5.56 Å². The predicted molar refractivity (Wildman–Crippen MR) is 108 cm³/mol. The molecule has 0 spiro atoms. The highest BCUT2D eigenvalue weighted by Crippen LogP contribution is 2.48. The third-order valence-electron chi connectivity index (χ3n) is 5.21. The van der Waals surface area contributed by atoms with Crippen LogP contribution in [0.25, 0.3) is 22.2 Å². The molecule has 1 aliphatic carbocycles. The van der Waals surface area contributed by atoms with E-state index >= 15 is 0 Å². The Balaban J connectivity index is 1.93. The smallest absolute Gasteiger partial charge is 0.253 e. The molecule has 0 atom stereocenters. The topological polar surface area (TPSA) is 48.0 Å². The van der Waals surface area contributed by atoms with E-state index < -0.39 is 0 Å². The van der Waals surface area contributed by atoms with Crippen LogP contribution in [0.2, 0.25) is 0 Å². The van der Waals surface area contributed by atoms with Crippen molar-refractivity contribution in [3.05, 3.63) is 51.8 Å². The molecule has 2 aromatic heterocycles. The van der Waals surface area contributed by atoms with Gasteiger partial charge in [-0.2, -0.15) is 11.8 Å². The number of hydrogen-bond donors (Lipinski definition) is 0. The summed E-state index contributed by atoms with van der Waals surface area (Å²) in [5.74, 6) is 2.87. The minimum Gasteiger partial charge on any atom is -0.439 e. The lowest BCUT2D eigenvalue weighted by atomic mass is 10.0. The molecule has 0 amide bonds. The highest BCUT2D eigenvalue weighted by atomic mass is 32.2. The number of rotatable bonds is 5. The zero-order chi connectivity index (χ0) is 18.5. The molecule has 0 bridgehead atoms. The molecule has 0 radical (unpaired) electrons. The molecule has 3 aromatic rings. The van der Waals surface area contributed by atoms with Crippen molar-refractivity contribution in [2.45, 2.75) is 44.8 Å². The van der Waals surface area contributed by atoms with Gasteiger partial charge in [-0.3, -0.25) is 4.79 Å². The Morgan fingerprint density at radius 2 is 2.08 bits per heavy atom.